The van der Waals surface area contributed by atoms with Crippen molar-refractivity contribution in [2.75, 3.05) is 40.8 Å². The molecule has 22 heavy (non-hydrogen) atoms. The van der Waals surface area contributed by atoms with E-state index in [1.165, 1.54) is 0 Å². The second-order valence-electron chi connectivity index (χ2n) is 6.27. The van der Waals surface area contributed by atoms with Gasteiger partial charge in [0.25, 0.3) is 0 Å². The standard InChI is InChI=1S/C16H26N4O2/c1-18(2)14-7-15(12-21)20(10-14)16(22)11-19(3)9-13-5-4-6-17-8-13/h4-6,8,14-15,21H,7,9-12H2,1-3H3/t14-,15+/m1/s1. The summed E-state index contributed by atoms with van der Waals surface area (Å²) in [7, 11) is 5.96. The summed E-state index contributed by atoms with van der Waals surface area (Å²) in [5.74, 6) is 0.0785. The summed E-state index contributed by atoms with van der Waals surface area (Å²) < 4.78 is 0. The molecule has 6 nitrogen and oxygen atoms in total. The minimum absolute atomic E-state index is 0.0302. The Labute approximate surface area is 132 Å². The Morgan fingerprint density at radius 1 is 1.45 bits per heavy atom. The fourth-order valence-corrected chi connectivity index (χ4v) is 2.93. The van der Waals surface area contributed by atoms with E-state index in [9.17, 15) is 9.90 Å². The van der Waals surface area contributed by atoms with E-state index in [1.807, 2.05) is 49.3 Å². The van der Waals surface area contributed by atoms with Crippen LogP contribution in [0.3, 0.4) is 0 Å². The SMILES string of the molecule is CN(CC(=O)N1C[C@H](N(C)C)C[C@H]1CO)Cc1cccnc1. The Bertz CT molecular complexity index is 480. The van der Waals surface area contributed by atoms with Crippen LogP contribution in [0.4, 0.5) is 0 Å². The number of hydrogen-bond acceptors (Lipinski definition) is 5. The number of rotatable bonds is 6. The Morgan fingerprint density at radius 2 is 2.23 bits per heavy atom. The molecule has 1 amide bonds. The topological polar surface area (TPSA) is 59.9 Å². The number of likely N-dealkylation sites (tertiary alicyclic amines) is 1. The first-order valence-electron chi connectivity index (χ1n) is 7.65. The van der Waals surface area contributed by atoms with Gasteiger partial charge in [-0.25, -0.2) is 0 Å². The number of likely N-dealkylation sites (N-methyl/N-ethyl adjacent to an activating group) is 2. The maximum Gasteiger partial charge on any atom is 0.237 e. The van der Waals surface area contributed by atoms with Crippen LogP contribution in [-0.4, -0.2) is 83.6 Å². The molecular weight excluding hydrogens is 280 g/mol. The van der Waals surface area contributed by atoms with E-state index < -0.39 is 0 Å². The smallest absolute Gasteiger partial charge is 0.237 e. The van der Waals surface area contributed by atoms with Gasteiger partial charge in [-0.2, -0.15) is 0 Å². The van der Waals surface area contributed by atoms with Crippen LogP contribution < -0.4 is 0 Å². The normalized spacial score (nSPS) is 21.8. The number of aliphatic hydroxyl groups excluding tert-OH is 1. The molecule has 1 aliphatic heterocycles. The molecule has 0 bridgehead atoms. The van der Waals surface area contributed by atoms with Crippen molar-refractivity contribution in [1.29, 1.82) is 0 Å². The third-order valence-corrected chi connectivity index (χ3v) is 4.23. The quantitative estimate of drug-likeness (QED) is 0.804. The zero-order valence-electron chi connectivity index (χ0n) is 13.6. The van der Waals surface area contributed by atoms with Crippen LogP contribution in [0.5, 0.6) is 0 Å². The largest absolute Gasteiger partial charge is 0.394 e. The highest BCUT2D eigenvalue weighted by molar-refractivity contribution is 5.79. The van der Waals surface area contributed by atoms with Crippen molar-refractivity contribution < 1.29 is 9.90 Å². The Hall–Kier alpha value is -1.50. The van der Waals surface area contributed by atoms with Gasteiger partial charge in [0.2, 0.25) is 5.91 Å². The molecule has 2 rings (SSSR count). The molecule has 6 heteroatoms. The summed E-state index contributed by atoms with van der Waals surface area (Å²) >= 11 is 0. The molecule has 0 saturated carbocycles. The van der Waals surface area contributed by atoms with Gasteiger partial charge in [0.15, 0.2) is 0 Å². The average Bonchev–Trinajstić information content (AvgIpc) is 2.92. The highest BCUT2D eigenvalue weighted by Crippen LogP contribution is 2.21. The zero-order chi connectivity index (χ0) is 16.1. The minimum Gasteiger partial charge on any atom is -0.394 e. The third-order valence-electron chi connectivity index (χ3n) is 4.23. The number of carbonyl (C=O) groups excluding carboxylic acids is 1. The van der Waals surface area contributed by atoms with Crippen molar-refractivity contribution in [3.8, 4) is 0 Å². The van der Waals surface area contributed by atoms with Crippen LogP contribution in [-0.2, 0) is 11.3 Å². The van der Waals surface area contributed by atoms with E-state index in [0.29, 0.717) is 25.7 Å². The van der Waals surface area contributed by atoms with Crippen molar-refractivity contribution in [3.05, 3.63) is 30.1 Å². The lowest BCUT2D eigenvalue weighted by Crippen LogP contribution is -2.43. The molecular formula is C16H26N4O2. The first-order chi connectivity index (χ1) is 10.5. The molecule has 0 aliphatic carbocycles. The molecule has 1 aromatic rings. The van der Waals surface area contributed by atoms with Gasteiger partial charge < -0.3 is 14.9 Å². The van der Waals surface area contributed by atoms with E-state index in [1.54, 1.807) is 6.20 Å². The highest BCUT2D eigenvalue weighted by atomic mass is 16.3. The fraction of sp³-hybridized carbons (Fsp3) is 0.625. The summed E-state index contributed by atoms with van der Waals surface area (Å²) in [5, 5.41) is 9.52. The van der Waals surface area contributed by atoms with Crippen LogP contribution in [0.15, 0.2) is 24.5 Å². The highest BCUT2D eigenvalue weighted by Gasteiger charge is 2.35. The van der Waals surface area contributed by atoms with Gasteiger partial charge in [-0.1, -0.05) is 6.07 Å². The molecule has 2 atom stereocenters. The predicted octanol–water partition coefficient (Wildman–Crippen LogP) is 0.0368. The van der Waals surface area contributed by atoms with E-state index in [-0.39, 0.29) is 18.6 Å². The van der Waals surface area contributed by atoms with Crippen LogP contribution in [0.2, 0.25) is 0 Å². The first-order valence-corrected chi connectivity index (χ1v) is 7.65. The Morgan fingerprint density at radius 3 is 2.82 bits per heavy atom. The number of pyridine rings is 1. The van der Waals surface area contributed by atoms with Gasteiger partial charge in [0, 0.05) is 31.5 Å². The van der Waals surface area contributed by atoms with Crippen molar-refractivity contribution in [2.24, 2.45) is 0 Å². The number of carbonyl (C=O) groups is 1. The lowest BCUT2D eigenvalue weighted by atomic mass is 10.1. The molecule has 1 aliphatic rings. The predicted molar refractivity (Wildman–Crippen MR) is 85.2 cm³/mol. The number of nitrogens with zero attached hydrogens (tertiary/aromatic N) is 4. The Kier molecular flexibility index (Phi) is 5.88. The van der Waals surface area contributed by atoms with Crippen molar-refractivity contribution in [1.82, 2.24) is 19.7 Å². The molecule has 2 heterocycles. The summed E-state index contributed by atoms with van der Waals surface area (Å²) in [4.78, 5) is 22.5. The second kappa shape index (κ2) is 7.67. The van der Waals surface area contributed by atoms with Gasteiger partial charge >= 0.3 is 0 Å². The minimum atomic E-state index is -0.0632. The molecule has 1 N–H and O–H groups in total. The lowest BCUT2D eigenvalue weighted by molar-refractivity contribution is -0.133. The van der Waals surface area contributed by atoms with Crippen molar-refractivity contribution in [2.45, 2.75) is 25.0 Å². The molecule has 0 radical (unpaired) electrons. The number of amides is 1. The Balaban J connectivity index is 1.90. The van der Waals surface area contributed by atoms with E-state index in [2.05, 4.69) is 9.88 Å². The van der Waals surface area contributed by atoms with Crippen LogP contribution in [0, 0.1) is 0 Å². The maximum absolute atomic E-state index is 12.5. The molecule has 122 valence electrons. The maximum atomic E-state index is 12.5. The third kappa shape index (κ3) is 4.25. The zero-order valence-corrected chi connectivity index (χ0v) is 13.6. The summed E-state index contributed by atoms with van der Waals surface area (Å²) in [5.41, 5.74) is 1.09. The van der Waals surface area contributed by atoms with Crippen LogP contribution >= 0.6 is 0 Å². The molecule has 1 fully saturated rings. The van der Waals surface area contributed by atoms with E-state index >= 15 is 0 Å². The van der Waals surface area contributed by atoms with Gasteiger partial charge in [0.05, 0.1) is 19.2 Å². The molecule has 1 saturated heterocycles. The van der Waals surface area contributed by atoms with E-state index in [0.717, 1.165) is 12.0 Å². The molecule has 0 aromatic carbocycles. The van der Waals surface area contributed by atoms with Crippen LogP contribution in [0.25, 0.3) is 0 Å². The summed E-state index contributed by atoms with van der Waals surface area (Å²) in [6.07, 6.45) is 4.39. The monoisotopic (exact) mass is 306 g/mol. The molecule has 0 spiro atoms. The number of aromatic nitrogens is 1. The molecule has 0 unspecified atom stereocenters. The summed E-state index contributed by atoms with van der Waals surface area (Å²) in [6, 6.07) is 4.16. The van der Waals surface area contributed by atoms with Crippen molar-refractivity contribution >= 4 is 5.91 Å². The summed E-state index contributed by atoms with van der Waals surface area (Å²) in [6.45, 7) is 1.76. The van der Waals surface area contributed by atoms with E-state index in [4.69, 9.17) is 0 Å². The average molecular weight is 306 g/mol. The molecule has 1 aromatic heterocycles. The first kappa shape index (κ1) is 16.9. The van der Waals surface area contributed by atoms with Gasteiger partial charge in [0.1, 0.15) is 0 Å². The number of aliphatic hydroxyl groups is 1. The van der Waals surface area contributed by atoms with Crippen LogP contribution in [0.1, 0.15) is 12.0 Å². The fourth-order valence-electron chi connectivity index (χ4n) is 2.93. The van der Waals surface area contributed by atoms with Gasteiger partial charge in [-0.15, -0.1) is 0 Å². The van der Waals surface area contributed by atoms with Crippen molar-refractivity contribution in [3.63, 3.8) is 0 Å². The lowest BCUT2D eigenvalue weighted by Gasteiger charge is -2.26. The van der Waals surface area contributed by atoms with Gasteiger partial charge in [-0.3, -0.25) is 14.7 Å². The number of hydrogen-bond donors (Lipinski definition) is 1. The van der Waals surface area contributed by atoms with Gasteiger partial charge in [-0.05, 0) is 39.2 Å². The second-order valence-corrected chi connectivity index (χ2v) is 6.27.